The van der Waals surface area contributed by atoms with E-state index in [0.29, 0.717) is 4.47 Å². The van der Waals surface area contributed by atoms with Crippen LogP contribution in [0, 0.1) is 5.82 Å². The minimum Gasteiger partial charge on any atom is -0.394 e. The number of benzene rings is 2. The molecule has 0 bridgehead atoms. The topological polar surface area (TPSA) is 49.3 Å². The van der Waals surface area contributed by atoms with Gasteiger partial charge < -0.3 is 10.4 Å². The molecular weight excluding hydrogens is 361 g/mol. The largest absolute Gasteiger partial charge is 0.394 e. The monoisotopic (exact) mass is 377 g/mol. The molecule has 5 heteroatoms. The maximum absolute atomic E-state index is 14.1. The first-order valence-corrected chi connectivity index (χ1v) is 7.85. The molecule has 0 aromatic heterocycles. The minimum absolute atomic E-state index is 0.218. The lowest BCUT2D eigenvalue weighted by Crippen LogP contribution is -2.46. The van der Waals surface area contributed by atoms with Gasteiger partial charge in [0.1, 0.15) is 5.82 Å². The summed E-state index contributed by atoms with van der Waals surface area (Å²) in [4.78, 5) is 12.1. The molecule has 0 aliphatic rings. The Bertz CT molecular complexity index is 718. The van der Waals surface area contributed by atoms with Crippen molar-refractivity contribution in [3.05, 3.63) is 76.0 Å². The van der Waals surface area contributed by atoms with E-state index in [-0.39, 0.29) is 5.56 Å². The molecule has 2 N–H and O–H groups in total. The summed E-state index contributed by atoms with van der Waals surface area (Å²) in [5, 5.41) is 12.3. The Morgan fingerprint density at radius 2 is 2.00 bits per heavy atom. The highest BCUT2D eigenvalue weighted by atomic mass is 79.9. The number of nitrogens with one attached hydrogen (secondary N) is 1. The van der Waals surface area contributed by atoms with E-state index in [0.717, 1.165) is 5.56 Å². The molecule has 0 fully saturated rings. The first-order valence-electron chi connectivity index (χ1n) is 7.06. The minimum atomic E-state index is -1.22. The summed E-state index contributed by atoms with van der Waals surface area (Å²) in [6.07, 6.45) is 3.02. The van der Waals surface area contributed by atoms with Crippen molar-refractivity contribution < 1.29 is 14.3 Å². The second-order valence-corrected chi connectivity index (χ2v) is 6.26. The molecule has 2 rings (SSSR count). The third kappa shape index (κ3) is 4.50. The van der Waals surface area contributed by atoms with Crippen molar-refractivity contribution in [1.29, 1.82) is 0 Å². The van der Waals surface area contributed by atoms with E-state index >= 15 is 0 Å². The van der Waals surface area contributed by atoms with Gasteiger partial charge in [0.05, 0.1) is 12.1 Å². The normalized spacial score (nSPS) is 13.7. The first kappa shape index (κ1) is 17.4. The van der Waals surface area contributed by atoms with Crippen LogP contribution in [0.1, 0.15) is 18.1 Å². The zero-order valence-electron chi connectivity index (χ0n) is 12.6. The maximum Gasteiger partial charge on any atom is 0.244 e. The molecular formula is C18H17BrFNO2. The fourth-order valence-electron chi connectivity index (χ4n) is 2.16. The van der Waals surface area contributed by atoms with Crippen LogP contribution in [0.3, 0.4) is 0 Å². The van der Waals surface area contributed by atoms with Gasteiger partial charge in [-0.05, 0) is 36.8 Å². The lowest BCUT2D eigenvalue weighted by Gasteiger charge is -2.29. The summed E-state index contributed by atoms with van der Waals surface area (Å²) < 4.78 is 14.7. The lowest BCUT2D eigenvalue weighted by atomic mass is 9.92. The highest BCUT2D eigenvalue weighted by molar-refractivity contribution is 9.10. The molecule has 0 saturated heterocycles. The fourth-order valence-corrected chi connectivity index (χ4v) is 2.52. The summed E-state index contributed by atoms with van der Waals surface area (Å²) in [6, 6.07) is 13.8. The molecule has 1 unspecified atom stereocenters. The number of rotatable bonds is 5. The van der Waals surface area contributed by atoms with Crippen molar-refractivity contribution in [3.63, 3.8) is 0 Å². The Balaban J connectivity index is 2.19. The van der Waals surface area contributed by atoms with Crippen LogP contribution in [-0.2, 0) is 10.3 Å². The Morgan fingerprint density at radius 3 is 2.65 bits per heavy atom. The summed E-state index contributed by atoms with van der Waals surface area (Å²) in [5.74, 6) is -0.901. The number of halogens is 2. The van der Waals surface area contributed by atoms with Gasteiger partial charge in [0.2, 0.25) is 5.91 Å². The first-order chi connectivity index (χ1) is 10.9. The van der Waals surface area contributed by atoms with E-state index < -0.39 is 23.9 Å². The number of aliphatic hydroxyl groups is 1. The highest BCUT2D eigenvalue weighted by Crippen LogP contribution is 2.26. The van der Waals surface area contributed by atoms with E-state index in [1.54, 1.807) is 25.1 Å². The van der Waals surface area contributed by atoms with Gasteiger partial charge in [-0.25, -0.2) is 4.39 Å². The maximum atomic E-state index is 14.1. The Labute approximate surface area is 143 Å². The molecule has 0 heterocycles. The number of carbonyl (C=O) groups excluding carboxylic acids is 1. The quantitative estimate of drug-likeness (QED) is 0.781. The number of hydrogen-bond acceptors (Lipinski definition) is 2. The van der Waals surface area contributed by atoms with Crippen LogP contribution in [0.15, 0.2) is 59.1 Å². The summed E-state index contributed by atoms with van der Waals surface area (Å²) in [5.41, 5.74) is -0.121. The average molecular weight is 378 g/mol. The van der Waals surface area contributed by atoms with Crippen LogP contribution in [0.25, 0.3) is 6.08 Å². The van der Waals surface area contributed by atoms with E-state index in [1.165, 1.54) is 12.1 Å². The molecule has 3 nitrogen and oxygen atoms in total. The van der Waals surface area contributed by atoms with Gasteiger partial charge in [0.15, 0.2) is 0 Å². The van der Waals surface area contributed by atoms with Crippen LogP contribution in [0.5, 0.6) is 0 Å². The molecule has 0 saturated carbocycles. The molecule has 120 valence electrons. The van der Waals surface area contributed by atoms with Crippen LogP contribution >= 0.6 is 15.9 Å². The average Bonchev–Trinajstić information content (AvgIpc) is 2.56. The van der Waals surface area contributed by atoms with Gasteiger partial charge in [-0.15, -0.1) is 0 Å². The van der Waals surface area contributed by atoms with Crippen LogP contribution < -0.4 is 5.32 Å². The Kier molecular flexibility index (Phi) is 5.69. The van der Waals surface area contributed by atoms with E-state index in [1.807, 2.05) is 30.3 Å². The van der Waals surface area contributed by atoms with Crippen LogP contribution in [0.4, 0.5) is 4.39 Å². The van der Waals surface area contributed by atoms with Gasteiger partial charge >= 0.3 is 0 Å². The predicted octanol–water partition coefficient (Wildman–Crippen LogP) is 3.63. The molecule has 0 spiro atoms. The number of carbonyl (C=O) groups is 1. The molecule has 2 aromatic rings. The molecule has 0 aliphatic heterocycles. The molecule has 1 amide bonds. The summed E-state index contributed by atoms with van der Waals surface area (Å²) in [7, 11) is 0. The molecule has 1 atom stereocenters. The summed E-state index contributed by atoms with van der Waals surface area (Å²) >= 11 is 3.27. The van der Waals surface area contributed by atoms with E-state index in [9.17, 15) is 14.3 Å². The number of amides is 1. The smallest absolute Gasteiger partial charge is 0.244 e. The van der Waals surface area contributed by atoms with Gasteiger partial charge in [-0.1, -0.05) is 46.3 Å². The van der Waals surface area contributed by atoms with Crippen molar-refractivity contribution in [2.45, 2.75) is 12.5 Å². The number of aliphatic hydroxyl groups excluding tert-OH is 1. The zero-order chi connectivity index (χ0) is 16.9. The van der Waals surface area contributed by atoms with Crippen molar-refractivity contribution in [2.24, 2.45) is 0 Å². The van der Waals surface area contributed by atoms with Crippen LogP contribution in [-0.4, -0.2) is 17.6 Å². The lowest BCUT2D eigenvalue weighted by molar-refractivity contribution is -0.118. The van der Waals surface area contributed by atoms with Crippen molar-refractivity contribution >= 4 is 27.9 Å². The van der Waals surface area contributed by atoms with Crippen molar-refractivity contribution in [1.82, 2.24) is 5.32 Å². The Hall–Kier alpha value is -1.98. The highest BCUT2D eigenvalue weighted by Gasteiger charge is 2.30. The van der Waals surface area contributed by atoms with Gasteiger partial charge in [0, 0.05) is 16.1 Å². The predicted molar refractivity (Wildman–Crippen MR) is 92.2 cm³/mol. The van der Waals surface area contributed by atoms with Gasteiger partial charge in [-0.2, -0.15) is 0 Å². The molecule has 23 heavy (non-hydrogen) atoms. The molecule has 2 aromatic carbocycles. The van der Waals surface area contributed by atoms with Gasteiger partial charge in [-0.3, -0.25) is 4.79 Å². The fraction of sp³-hybridized carbons (Fsp3) is 0.167. The number of hydrogen-bond donors (Lipinski definition) is 2. The van der Waals surface area contributed by atoms with E-state index in [2.05, 4.69) is 21.2 Å². The summed E-state index contributed by atoms with van der Waals surface area (Å²) in [6.45, 7) is 1.15. The molecule has 0 aliphatic carbocycles. The van der Waals surface area contributed by atoms with Crippen LogP contribution in [0.2, 0.25) is 0 Å². The Morgan fingerprint density at radius 1 is 1.30 bits per heavy atom. The third-order valence-electron chi connectivity index (χ3n) is 3.46. The van der Waals surface area contributed by atoms with Gasteiger partial charge in [0.25, 0.3) is 0 Å². The van der Waals surface area contributed by atoms with E-state index in [4.69, 9.17) is 0 Å². The molecule has 0 radical (unpaired) electrons. The standard InChI is InChI=1S/C18H17BrFNO2/c1-18(12-22,15-11-14(19)8-9-16(15)20)21-17(23)10-7-13-5-3-2-4-6-13/h2-11,22H,12H2,1H3,(H,21,23). The third-order valence-corrected chi connectivity index (χ3v) is 3.96. The van der Waals surface area contributed by atoms with Crippen molar-refractivity contribution in [3.8, 4) is 0 Å². The zero-order valence-corrected chi connectivity index (χ0v) is 14.2. The van der Waals surface area contributed by atoms with Crippen molar-refractivity contribution in [2.75, 3.05) is 6.61 Å². The SMILES string of the molecule is CC(CO)(NC(=O)C=Cc1ccccc1)c1cc(Br)ccc1F. The second kappa shape index (κ2) is 7.53. The second-order valence-electron chi connectivity index (χ2n) is 5.35.